The molecule has 342 valence electrons. The lowest BCUT2D eigenvalue weighted by atomic mass is 9.69. The Kier molecular flexibility index (Phi) is 17.5. The summed E-state index contributed by atoms with van der Waals surface area (Å²) in [5.41, 5.74) is 3.51. The zero-order valence-electron chi connectivity index (χ0n) is 37.7. The lowest BCUT2D eigenvalue weighted by molar-refractivity contribution is -0.151. The summed E-state index contributed by atoms with van der Waals surface area (Å²) >= 11 is 1.69. The number of hydrogen-bond acceptors (Lipinski definition) is 10. The topological polar surface area (TPSA) is 114 Å². The highest BCUT2D eigenvalue weighted by Crippen LogP contribution is 2.42. The highest BCUT2D eigenvalue weighted by molar-refractivity contribution is 7.98. The first-order valence-corrected chi connectivity index (χ1v) is 24.2. The Morgan fingerprint density at radius 1 is 0.652 bits per heavy atom. The molecule has 2 saturated carbocycles. The average Bonchev–Trinajstić information content (AvgIpc) is 3.36. The Morgan fingerprint density at radius 3 is 1.89 bits per heavy atom. The molecule has 0 atom stereocenters. The molecule has 0 saturated heterocycles. The number of rotatable bonds is 18. The van der Waals surface area contributed by atoms with Crippen LogP contribution in [-0.4, -0.2) is 43.7 Å². The molecule has 0 heterocycles. The van der Waals surface area contributed by atoms with E-state index in [0.717, 1.165) is 102 Å². The molecule has 7 rings (SSSR count). The van der Waals surface area contributed by atoms with E-state index in [1.54, 1.807) is 36.0 Å². The third-order valence-electron chi connectivity index (χ3n) is 12.4. The number of unbranched alkanes of at least 4 members (excludes halogenated alkanes) is 1. The first-order chi connectivity index (χ1) is 32.2. The van der Waals surface area contributed by atoms with Gasteiger partial charge in [-0.25, -0.2) is 9.59 Å². The Hall–Kier alpha value is -6.31. The fraction of sp³-hybridized carbons (Fsp3) is 0.357. The number of esters is 4. The van der Waals surface area contributed by atoms with Crippen LogP contribution < -0.4 is 14.2 Å². The Labute approximate surface area is 392 Å². The zero-order valence-corrected chi connectivity index (χ0v) is 38.5. The van der Waals surface area contributed by atoms with Crippen molar-refractivity contribution in [2.24, 2.45) is 23.7 Å². The van der Waals surface area contributed by atoms with Gasteiger partial charge in [0, 0.05) is 33.2 Å². The smallest absolute Gasteiger partial charge is 0.343 e. The van der Waals surface area contributed by atoms with Crippen molar-refractivity contribution in [3.8, 4) is 29.1 Å². The Bertz CT molecular complexity index is 2490. The molecule has 0 spiro atoms. The summed E-state index contributed by atoms with van der Waals surface area (Å²) < 4.78 is 27.9. The normalized spacial score (nSPS) is 18.0. The van der Waals surface area contributed by atoms with Crippen LogP contribution in [0.4, 0.5) is 0 Å². The maximum Gasteiger partial charge on any atom is 0.343 e. The second-order valence-electron chi connectivity index (χ2n) is 17.1. The van der Waals surface area contributed by atoms with Gasteiger partial charge >= 0.3 is 23.9 Å². The number of thioether (sulfide) groups is 1. The summed E-state index contributed by atoms with van der Waals surface area (Å²) in [7, 11) is 0. The molecule has 0 bridgehead atoms. The average molecular weight is 907 g/mol. The van der Waals surface area contributed by atoms with Gasteiger partial charge in [-0.1, -0.05) is 49.6 Å². The maximum atomic E-state index is 13.3. The summed E-state index contributed by atoms with van der Waals surface area (Å²) in [6.07, 6.45) is 10.6. The summed E-state index contributed by atoms with van der Waals surface area (Å²) in [6, 6.07) is 34.4. The van der Waals surface area contributed by atoms with Gasteiger partial charge in [0.1, 0.15) is 17.2 Å². The molecule has 2 aliphatic rings. The summed E-state index contributed by atoms with van der Waals surface area (Å²) in [6.45, 7) is 6.79. The lowest BCUT2D eigenvalue weighted by Gasteiger charge is -2.36. The zero-order chi connectivity index (χ0) is 46.1. The van der Waals surface area contributed by atoms with Crippen LogP contribution in [0.1, 0.15) is 105 Å². The molecule has 10 heteroatoms. The molecular weight excluding hydrogens is 849 g/mol. The second kappa shape index (κ2) is 24.3. The van der Waals surface area contributed by atoms with Crippen molar-refractivity contribution in [3.05, 3.63) is 144 Å². The number of hydrogen-bond donors (Lipinski definition) is 0. The second-order valence-corrected chi connectivity index (χ2v) is 18.1. The number of ether oxygens (including phenoxy) is 5. The predicted molar refractivity (Wildman–Crippen MR) is 257 cm³/mol. The third-order valence-corrected chi connectivity index (χ3v) is 13.5. The van der Waals surface area contributed by atoms with Gasteiger partial charge in [-0.3, -0.25) is 9.59 Å². The standard InChI is InChI=1S/C56H58O9S/c1-3-34-61-48-28-16-40(17-29-48)11-10-39-12-14-41(15-13-39)38-66-50-31-26-46(27-32-50)56(60)65-52-9-7-8-47-37-49(30-33-51(47)52)64-55(59)45-24-20-43(21-25-45)42-18-22-44(23-19-42)54(58)63-36-6-5-35-62-53(57)4-2/h4,7-9,12-17,26-33,37,42-45H,2-3,5-6,18-25,34-36,38H2,1H3. The minimum Gasteiger partial charge on any atom is -0.494 e. The molecule has 9 nitrogen and oxygen atoms in total. The van der Waals surface area contributed by atoms with E-state index in [-0.39, 0.29) is 23.8 Å². The van der Waals surface area contributed by atoms with Crippen LogP contribution in [0, 0.1) is 35.5 Å². The number of carbonyl (C=O) groups is 4. The minimum atomic E-state index is -0.452. The van der Waals surface area contributed by atoms with Crippen LogP contribution in [0.2, 0.25) is 0 Å². The van der Waals surface area contributed by atoms with Gasteiger partial charge in [0.25, 0.3) is 0 Å². The molecular formula is C56H58O9S. The van der Waals surface area contributed by atoms with Gasteiger partial charge in [0.05, 0.1) is 37.2 Å². The first-order valence-electron chi connectivity index (χ1n) is 23.2. The van der Waals surface area contributed by atoms with Gasteiger partial charge in [0.2, 0.25) is 0 Å². The van der Waals surface area contributed by atoms with E-state index in [9.17, 15) is 19.2 Å². The molecule has 5 aromatic rings. The number of benzene rings is 5. The van der Waals surface area contributed by atoms with Crippen LogP contribution >= 0.6 is 11.8 Å². The van der Waals surface area contributed by atoms with Gasteiger partial charge in [-0.05, 0) is 178 Å². The van der Waals surface area contributed by atoms with E-state index in [1.807, 2.05) is 72.8 Å². The quantitative estimate of drug-likeness (QED) is 0.0210. The SMILES string of the molecule is C=CC(=O)OCCCCOC(=O)C1CCC(C2CCC(C(=O)Oc3ccc4c(OC(=O)c5ccc(SCc6ccc(C#Cc7ccc(OCCC)cc7)cc6)cc5)cccc4c3)CC2)CC1. The maximum absolute atomic E-state index is 13.3. The molecule has 0 N–H and O–H groups in total. The Morgan fingerprint density at radius 2 is 1.26 bits per heavy atom. The van der Waals surface area contributed by atoms with Gasteiger partial charge in [-0.2, -0.15) is 0 Å². The summed E-state index contributed by atoms with van der Waals surface area (Å²) in [5, 5.41) is 1.55. The number of carbonyl (C=O) groups excluding carboxylic acids is 4. The molecule has 5 aromatic carbocycles. The summed E-state index contributed by atoms with van der Waals surface area (Å²) in [5.74, 6) is 8.64. The number of fused-ring (bicyclic) bond motifs is 1. The van der Waals surface area contributed by atoms with Gasteiger partial charge < -0.3 is 23.7 Å². The van der Waals surface area contributed by atoms with E-state index in [4.69, 9.17) is 23.7 Å². The molecule has 2 aliphatic carbocycles. The van der Waals surface area contributed by atoms with E-state index in [2.05, 4.69) is 37.5 Å². The van der Waals surface area contributed by atoms with Crippen LogP contribution in [0.15, 0.2) is 127 Å². The monoisotopic (exact) mass is 906 g/mol. The molecule has 2 fully saturated rings. The van der Waals surface area contributed by atoms with Crippen molar-refractivity contribution in [1.29, 1.82) is 0 Å². The van der Waals surface area contributed by atoms with Gasteiger partial charge in [0.15, 0.2) is 0 Å². The highest BCUT2D eigenvalue weighted by atomic mass is 32.2. The van der Waals surface area contributed by atoms with E-state index in [1.165, 1.54) is 5.56 Å². The van der Waals surface area contributed by atoms with Gasteiger partial charge in [-0.15, -0.1) is 11.8 Å². The van der Waals surface area contributed by atoms with Crippen LogP contribution in [0.3, 0.4) is 0 Å². The van der Waals surface area contributed by atoms with E-state index in [0.29, 0.717) is 61.6 Å². The molecule has 0 aromatic heterocycles. The predicted octanol–water partition coefficient (Wildman–Crippen LogP) is 12.1. The Balaban J connectivity index is 0.818. The van der Waals surface area contributed by atoms with Crippen LogP contribution in [0.25, 0.3) is 10.8 Å². The van der Waals surface area contributed by atoms with E-state index < -0.39 is 11.9 Å². The minimum absolute atomic E-state index is 0.0608. The van der Waals surface area contributed by atoms with Crippen molar-refractivity contribution in [2.45, 2.75) is 88.2 Å². The molecule has 0 radical (unpaired) electrons. The van der Waals surface area contributed by atoms with Crippen LogP contribution in [-0.2, 0) is 29.6 Å². The van der Waals surface area contributed by atoms with Crippen molar-refractivity contribution in [1.82, 2.24) is 0 Å². The molecule has 0 amide bonds. The summed E-state index contributed by atoms with van der Waals surface area (Å²) in [4.78, 5) is 51.4. The lowest BCUT2D eigenvalue weighted by Crippen LogP contribution is -2.31. The molecule has 66 heavy (non-hydrogen) atoms. The first kappa shape index (κ1) is 47.6. The fourth-order valence-corrected chi connectivity index (χ4v) is 9.51. The van der Waals surface area contributed by atoms with Crippen LogP contribution in [0.5, 0.6) is 17.2 Å². The fourth-order valence-electron chi connectivity index (χ4n) is 8.66. The third kappa shape index (κ3) is 13.9. The highest BCUT2D eigenvalue weighted by Gasteiger charge is 2.35. The van der Waals surface area contributed by atoms with Crippen molar-refractivity contribution in [3.63, 3.8) is 0 Å². The van der Waals surface area contributed by atoms with Crippen molar-refractivity contribution in [2.75, 3.05) is 19.8 Å². The van der Waals surface area contributed by atoms with Crippen molar-refractivity contribution >= 4 is 46.4 Å². The molecule has 0 unspecified atom stereocenters. The largest absolute Gasteiger partial charge is 0.494 e. The van der Waals surface area contributed by atoms with E-state index >= 15 is 0 Å². The van der Waals surface area contributed by atoms with Crippen molar-refractivity contribution < 1.29 is 42.9 Å². The molecule has 0 aliphatic heterocycles.